The van der Waals surface area contributed by atoms with Crippen molar-refractivity contribution >= 4 is 12.3 Å². The van der Waals surface area contributed by atoms with Gasteiger partial charge in [-0.15, -0.1) is 0 Å². The van der Waals surface area contributed by atoms with E-state index in [0.717, 1.165) is 30.5 Å². The number of hydrogen-bond acceptors (Lipinski definition) is 5. The molecule has 0 saturated carbocycles. The zero-order valence-corrected chi connectivity index (χ0v) is 17.6. The molecule has 0 saturated heterocycles. The molecule has 0 fully saturated rings. The number of aromatic nitrogens is 3. The number of amides is 2. The summed E-state index contributed by atoms with van der Waals surface area (Å²) in [6, 6.07) is 3.52. The minimum absolute atomic E-state index is 0.0932. The summed E-state index contributed by atoms with van der Waals surface area (Å²) in [7, 11) is 1.65. The van der Waals surface area contributed by atoms with Crippen LogP contribution in [0.5, 0.6) is 0 Å². The van der Waals surface area contributed by atoms with Gasteiger partial charge in [0.1, 0.15) is 6.10 Å². The van der Waals surface area contributed by atoms with Gasteiger partial charge in [-0.3, -0.25) is 9.59 Å². The van der Waals surface area contributed by atoms with Gasteiger partial charge in [0.05, 0.1) is 5.69 Å². The summed E-state index contributed by atoms with van der Waals surface area (Å²) in [5, 5.41) is 14.5. The second kappa shape index (κ2) is 8.67. The van der Waals surface area contributed by atoms with Crippen LogP contribution in [0.2, 0.25) is 0 Å². The Morgan fingerprint density at radius 3 is 2.97 bits per heavy atom. The number of rotatable bonds is 6. The van der Waals surface area contributed by atoms with Crippen molar-refractivity contribution in [2.45, 2.75) is 45.6 Å². The molecule has 3 rings (SSSR count). The molecule has 0 bridgehead atoms. The van der Waals surface area contributed by atoms with Gasteiger partial charge < -0.3 is 15.7 Å². The first-order valence-corrected chi connectivity index (χ1v) is 9.92. The lowest BCUT2D eigenvalue weighted by Crippen LogP contribution is -2.24. The predicted octanol–water partition coefficient (Wildman–Crippen LogP) is 1.07. The maximum atomic E-state index is 11.9. The summed E-state index contributed by atoms with van der Waals surface area (Å²) >= 11 is 0. The molecule has 1 atom stereocenters. The molecule has 2 aromatic rings. The normalized spacial score (nSPS) is 15.5. The summed E-state index contributed by atoms with van der Waals surface area (Å²) < 4.78 is 1.69. The third-order valence-corrected chi connectivity index (χ3v) is 5.30. The van der Waals surface area contributed by atoms with Gasteiger partial charge >= 0.3 is 0 Å². The molecule has 158 valence electrons. The van der Waals surface area contributed by atoms with Gasteiger partial charge in [0.2, 0.25) is 6.41 Å². The molecule has 0 aliphatic heterocycles. The summed E-state index contributed by atoms with van der Waals surface area (Å²) in [4.78, 5) is 28.4. The van der Waals surface area contributed by atoms with Gasteiger partial charge in [0, 0.05) is 37.3 Å². The van der Waals surface area contributed by atoms with E-state index in [1.807, 2.05) is 0 Å². The van der Waals surface area contributed by atoms with Crippen LogP contribution < -0.4 is 5.73 Å². The summed E-state index contributed by atoms with van der Waals surface area (Å²) in [5.74, 6) is 5.75. The third-order valence-electron chi connectivity index (χ3n) is 5.30. The molecular formula is C22H27N5O3. The number of pyridine rings is 1. The fraction of sp³-hybridized carbons (Fsp3) is 0.455. The minimum atomic E-state index is -0.844. The zero-order chi connectivity index (χ0) is 21.9. The molecule has 3 N–H and O–H groups in total. The van der Waals surface area contributed by atoms with Gasteiger partial charge in [-0.2, -0.15) is 5.10 Å². The standard InChI is InChI=1S/C22H27N5O3/c1-22(2)9-6-17-18(13-22)27(25-20(17)21(23)30)19-12-15(7-10-24-19)4-5-16(29)8-11-26(3)14-28/h7,10,12,14,16,29H,6,8-9,11,13H2,1-3H3,(H2,23,30)/t16-/m0/s1. The summed E-state index contributed by atoms with van der Waals surface area (Å²) in [6.07, 6.45) is 4.33. The van der Waals surface area contributed by atoms with Crippen LogP contribution in [0, 0.1) is 17.3 Å². The Kier molecular flexibility index (Phi) is 6.22. The highest BCUT2D eigenvalue weighted by molar-refractivity contribution is 5.92. The minimum Gasteiger partial charge on any atom is -0.380 e. The molecule has 0 spiro atoms. The smallest absolute Gasteiger partial charge is 0.269 e. The van der Waals surface area contributed by atoms with Crippen molar-refractivity contribution in [3.63, 3.8) is 0 Å². The monoisotopic (exact) mass is 409 g/mol. The number of nitrogens with two attached hydrogens (primary N) is 1. The lowest BCUT2D eigenvalue weighted by atomic mass is 9.76. The average Bonchev–Trinajstić information content (AvgIpc) is 3.08. The van der Waals surface area contributed by atoms with Crippen LogP contribution in [0.15, 0.2) is 18.3 Å². The molecule has 0 aromatic carbocycles. The number of primary amides is 1. The molecule has 8 heteroatoms. The lowest BCUT2D eigenvalue weighted by Gasteiger charge is -2.30. The van der Waals surface area contributed by atoms with Crippen molar-refractivity contribution in [2.75, 3.05) is 13.6 Å². The average molecular weight is 409 g/mol. The first-order valence-electron chi connectivity index (χ1n) is 9.92. The van der Waals surface area contributed by atoms with Crippen LogP contribution in [-0.4, -0.2) is 56.8 Å². The van der Waals surface area contributed by atoms with Crippen molar-refractivity contribution in [1.29, 1.82) is 0 Å². The summed E-state index contributed by atoms with van der Waals surface area (Å²) in [6.45, 7) is 4.80. The number of nitrogens with zero attached hydrogens (tertiary/aromatic N) is 4. The molecule has 1 aliphatic rings. The van der Waals surface area contributed by atoms with E-state index in [1.165, 1.54) is 4.90 Å². The number of aliphatic hydroxyl groups excluding tert-OH is 1. The van der Waals surface area contributed by atoms with E-state index in [-0.39, 0.29) is 5.41 Å². The Balaban J connectivity index is 1.89. The topological polar surface area (TPSA) is 114 Å². The highest BCUT2D eigenvalue weighted by Gasteiger charge is 2.32. The quantitative estimate of drug-likeness (QED) is 0.547. The van der Waals surface area contributed by atoms with E-state index in [1.54, 1.807) is 30.1 Å². The van der Waals surface area contributed by atoms with Crippen molar-refractivity contribution in [2.24, 2.45) is 11.1 Å². The summed E-state index contributed by atoms with van der Waals surface area (Å²) in [5.41, 5.74) is 8.47. The largest absolute Gasteiger partial charge is 0.380 e. The Bertz CT molecular complexity index is 1020. The maximum absolute atomic E-state index is 11.9. The first kappa shape index (κ1) is 21.5. The third kappa shape index (κ3) is 4.86. The van der Waals surface area contributed by atoms with Crippen LogP contribution in [-0.2, 0) is 17.6 Å². The Morgan fingerprint density at radius 1 is 1.50 bits per heavy atom. The van der Waals surface area contributed by atoms with Crippen molar-refractivity contribution in [3.8, 4) is 17.7 Å². The molecule has 2 aromatic heterocycles. The van der Waals surface area contributed by atoms with E-state index in [9.17, 15) is 14.7 Å². The molecule has 2 amide bonds. The van der Waals surface area contributed by atoms with Gasteiger partial charge in [0.25, 0.3) is 5.91 Å². The fourth-order valence-corrected chi connectivity index (χ4v) is 3.55. The molecule has 0 unspecified atom stereocenters. The zero-order valence-electron chi connectivity index (χ0n) is 17.6. The number of carbonyl (C=O) groups is 2. The number of hydrogen-bond donors (Lipinski definition) is 2. The highest BCUT2D eigenvalue weighted by Crippen LogP contribution is 2.36. The molecule has 0 radical (unpaired) electrons. The Morgan fingerprint density at radius 2 is 2.27 bits per heavy atom. The molecular weight excluding hydrogens is 382 g/mol. The van der Waals surface area contributed by atoms with Crippen molar-refractivity contribution in [1.82, 2.24) is 19.7 Å². The predicted molar refractivity (Wildman–Crippen MR) is 112 cm³/mol. The fourth-order valence-electron chi connectivity index (χ4n) is 3.55. The second-order valence-corrected chi connectivity index (χ2v) is 8.45. The van der Waals surface area contributed by atoms with Gasteiger partial charge in [-0.25, -0.2) is 9.67 Å². The van der Waals surface area contributed by atoms with Crippen LogP contribution >= 0.6 is 0 Å². The lowest BCUT2D eigenvalue weighted by molar-refractivity contribution is -0.117. The molecule has 30 heavy (non-hydrogen) atoms. The molecule has 2 heterocycles. The SMILES string of the molecule is CN(C=O)CC[C@@H](O)C#Cc1ccnc(-n2nc(C(N)=O)c3c2CC(C)(C)CC3)c1. The van der Waals surface area contributed by atoms with Gasteiger partial charge in [-0.1, -0.05) is 25.7 Å². The highest BCUT2D eigenvalue weighted by atomic mass is 16.3. The van der Waals surface area contributed by atoms with E-state index in [0.29, 0.717) is 36.5 Å². The van der Waals surface area contributed by atoms with E-state index < -0.39 is 12.0 Å². The second-order valence-electron chi connectivity index (χ2n) is 8.45. The molecule has 1 aliphatic carbocycles. The van der Waals surface area contributed by atoms with E-state index >= 15 is 0 Å². The molecule has 8 nitrogen and oxygen atoms in total. The Labute approximate surface area is 176 Å². The van der Waals surface area contributed by atoms with Gasteiger partial charge in [0.15, 0.2) is 11.5 Å². The van der Waals surface area contributed by atoms with Crippen LogP contribution in [0.4, 0.5) is 0 Å². The number of aliphatic hydroxyl groups is 1. The van der Waals surface area contributed by atoms with E-state index in [2.05, 4.69) is 35.8 Å². The Hall–Kier alpha value is -3.18. The first-order chi connectivity index (χ1) is 14.2. The van der Waals surface area contributed by atoms with Crippen molar-refractivity contribution < 1.29 is 14.7 Å². The van der Waals surface area contributed by atoms with Crippen LogP contribution in [0.25, 0.3) is 5.82 Å². The number of carbonyl (C=O) groups excluding carboxylic acids is 2. The van der Waals surface area contributed by atoms with Crippen molar-refractivity contribution in [3.05, 3.63) is 40.8 Å². The van der Waals surface area contributed by atoms with Gasteiger partial charge in [-0.05, 0) is 36.8 Å². The van der Waals surface area contributed by atoms with Crippen LogP contribution in [0.3, 0.4) is 0 Å². The number of fused-ring (bicyclic) bond motifs is 1. The maximum Gasteiger partial charge on any atom is 0.269 e. The van der Waals surface area contributed by atoms with Crippen LogP contribution in [0.1, 0.15) is 54.0 Å². The van der Waals surface area contributed by atoms with E-state index in [4.69, 9.17) is 5.73 Å².